The van der Waals surface area contributed by atoms with Crippen LogP contribution in [0.4, 0.5) is 11.4 Å². The third kappa shape index (κ3) is 3.62. The number of nitrogens with one attached hydrogen (secondary N) is 1. The van der Waals surface area contributed by atoms with Crippen molar-refractivity contribution in [2.24, 2.45) is 17.8 Å². The average Bonchev–Trinajstić information content (AvgIpc) is 3.32. The van der Waals surface area contributed by atoms with Crippen LogP contribution in [0.3, 0.4) is 0 Å². The van der Waals surface area contributed by atoms with Crippen molar-refractivity contribution in [2.45, 2.75) is 43.5 Å². The van der Waals surface area contributed by atoms with Gasteiger partial charge in [-0.1, -0.05) is 6.42 Å². The van der Waals surface area contributed by atoms with E-state index >= 15 is 0 Å². The van der Waals surface area contributed by atoms with E-state index in [4.69, 9.17) is 4.74 Å². The zero-order valence-corrected chi connectivity index (χ0v) is 16.9. The molecule has 1 heterocycles. The highest BCUT2D eigenvalue weighted by Gasteiger charge is 2.42. The molecule has 9 heteroatoms. The summed E-state index contributed by atoms with van der Waals surface area (Å²) in [4.78, 5) is 11.1. The van der Waals surface area contributed by atoms with Crippen molar-refractivity contribution in [1.82, 2.24) is 4.31 Å². The van der Waals surface area contributed by atoms with Crippen molar-refractivity contribution in [3.63, 3.8) is 0 Å². The number of hydrogen-bond acceptors (Lipinski definition) is 6. The Labute approximate surface area is 165 Å². The molecule has 1 aromatic rings. The van der Waals surface area contributed by atoms with E-state index in [2.05, 4.69) is 12.2 Å². The topological polar surface area (TPSA) is 102 Å². The molecule has 3 fully saturated rings. The van der Waals surface area contributed by atoms with Crippen LogP contribution in [0.1, 0.15) is 32.6 Å². The molecule has 0 aromatic heterocycles. The summed E-state index contributed by atoms with van der Waals surface area (Å²) in [6.07, 6.45) is 5.01. The number of rotatable bonds is 6. The highest BCUT2D eigenvalue weighted by atomic mass is 32.2. The lowest BCUT2D eigenvalue weighted by Crippen LogP contribution is -2.40. The third-order valence-corrected chi connectivity index (χ3v) is 8.49. The van der Waals surface area contributed by atoms with Gasteiger partial charge in [-0.15, -0.1) is 0 Å². The summed E-state index contributed by atoms with van der Waals surface area (Å²) in [5.41, 5.74) is 0.200. The van der Waals surface area contributed by atoms with Gasteiger partial charge >= 0.3 is 0 Å². The fraction of sp³-hybridized carbons (Fsp3) is 0.684. The first-order chi connectivity index (χ1) is 13.4. The molecule has 2 bridgehead atoms. The van der Waals surface area contributed by atoms with Gasteiger partial charge in [-0.3, -0.25) is 10.1 Å². The summed E-state index contributed by atoms with van der Waals surface area (Å²) >= 11 is 0. The Kier molecular flexibility index (Phi) is 5.32. The smallest absolute Gasteiger partial charge is 0.293 e. The number of morpholine rings is 1. The third-order valence-electron chi connectivity index (χ3n) is 6.59. The van der Waals surface area contributed by atoms with Crippen molar-refractivity contribution in [3.05, 3.63) is 28.3 Å². The molecule has 4 rings (SSSR count). The molecule has 154 valence electrons. The van der Waals surface area contributed by atoms with Crippen molar-refractivity contribution in [2.75, 3.05) is 31.6 Å². The van der Waals surface area contributed by atoms with E-state index in [1.165, 1.54) is 48.2 Å². The van der Waals surface area contributed by atoms with Crippen LogP contribution in [0, 0.1) is 27.9 Å². The molecule has 0 amide bonds. The molecule has 0 spiro atoms. The van der Waals surface area contributed by atoms with Crippen molar-refractivity contribution in [1.29, 1.82) is 0 Å². The molecule has 2 aliphatic carbocycles. The predicted molar refractivity (Wildman–Crippen MR) is 105 cm³/mol. The van der Waals surface area contributed by atoms with Crippen LogP contribution in [0.5, 0.6) is 0 Å². The van der Waals surface area contributed by atoms with E-state index in [1.54, 1.807) is 0 Å². The van der Waals surface area contributed by atoms with Gasteiger partial charge < -0.3 is 10.1 Å². The van der Waals surface area contributed by atoms with Crippen molar-refractivity contribution in [3.8, 4) is 0 Å². The molecular formula is C19H27N3O5S. The fourth-order valence-corrected chi connectivity index (χ4v) is 6.57. The molecule has 8 nitrogen and oxygen atoms in total. The summed E-state index contributed by atoms with van der Waals surface area (Å²) in [6, 6.07) is 4.31. The second-order valence-electron chi connectivity index (χ2n) is 8.22. The first kappa shape index (κ1) is 19.6. The Hall–Kier alpha value is -1.71. The second-order valence-corrected chi connectivity index (χ2v) is 10.2. The Morgan fingerprint density at radius 3 is 2.61 bits per heavy atom. The lowest BCUT2D eigenvalue weighted by atomic mass is 9.84. The van der Waals surface area contributed by atoms with Crippen LogP contribution in [0.25, 0.3) is 0 Å². The van der Waals surface area contributed by atoms with Crippen LogP contribution in [-0.2, 0) is 14.8 Å². The van der Waals surface area contributed by atoms with E-state index < -0.39 is 14.9 Å². The van der Waals surface area contributed by atoms with Crippen molar-refractivity contribution < 1.29 is 18.1 Å². The van der Waals surface area contributed by atoms with E-state index in [0.717, 1.165) is 5.92 Å². The molecule has 3 aliphatic rings. The average molecular weight is 410 g/mol. The summed E-state index contributed by atoms with van der Waals surface area (Å²) in [5, 5.41) is 15.0. The quantitative estimate of drug-likeness (QED) is 0.573. The van der Waals surface area contributed by atoms with Gasteiger partial charge in [0, 0.05) is 25.2 Å². The monoisotopic (exact) mass is 409 g/mol. The lowest BCUT2D eigenvalue weighted by molar-refractivity contribution is -0.384. The molecule has 1 aromatic carbocycles. The molecule has 1 N–H and O–H groups in total. The first-order valence-electron chi connectivity index (χ1n) is 9.99. The SMILES string of the molecule is C[C@H](Nc1ccc(S(=O)(=O)N2CCOCC2)cc1[N+](=O)[O-])[C@@H]1C[C@H]2CC[C@H]1C2. The number of ether oxygens (including phenoxy) is 1. The van der Waals surface area contributed by atoms with Gasteiger partial charge in [0.05, 0.1) is 23.0 Å². The zero-order chi connectivity index (χ0) is 19.9. The number of benzene rings is 1. The Bertz CT molecular complexity index is 853. The normalized spacial score (nSPS) is 29.0. The Balaban J connectivity index is 1.56. The van der Waals surface area contributed by atoms with Gasteiger partial charge in [-0.2, -0.15) is 4.31 Å². The van der Waals surface area contributed by atoms with Crippen LogP contribution in [-0.4, -0.2) is 50.0 Å². The molecule has 28 heavy (non-hydrogen) atoms. The number of fused-ring (bicyclic) bond motifs is 2. The summed E-state index contributed by atoms with van der Waals surface area (Å²) in [6.45, 7) is 3.27. The van der Waals surface area contributed by atoms with Gasteiger partial charge in [0.25, 0.3) is 5.69 Å². The summed E-state index contributed by atoms with van der Waals surface area (Å²) in [7, 11) is -3.76. The molecule has 1 aliphatic heterocycles. The van der Waals surface area contributed by atoms with Gasteiger partial charge in [-0.25, -0.2) is 8.42 Å². The maximum atomic E-state index is 12.8. The molecule has 4 atom stereocenters. The largest absolute Gasteiger partial charge is 0.379 e. The minimum absolute atomic E-state index is 0.0424. The van der Waals surface area contributed by atoms with E-state index in [-0.39, 0.29) is 29.7 Å². The van der Waals surface area contributed by atoms with E-state index in [0.29, 0.717) is 30.7 Å². The van der Waals surface area contributed by atoms with Gasteiger partial charge in [0.1, 0.15) is 5.69 Å². The second kappa shape index (κ2) is 7.61. The van der Waals surface area contributed by atoms with Crippen LogP contribution < -0.4 is 5.32 Å². The molecule has 0 unspecified atom stereocenters. The highest BCUT2D eigenvalue weighted by molar-refractivity contribution is 7.89. The molecule has 0 radical (unpaired) electrons. The van der Waals surface area contributed by atoms with Crippen LogP contribution >= 0.6 is 0 Å². The molecule has 2 saturated carbocycles. The predicted octanol–water partition coefficient (Wildman–Crippen LogP) is 2.85. The summed E-state index contributed by atoms with van der Waals surface area (Å²) < 4.78 is 32.2. The Morgan fingerprint density at radius 2 is 2.00 bits per heavy atom. The highest BCUT2D eigenvalue weighted by Crippen LogP contribution is 2.50. The number of nitrogens with zero attached hydrogens (tertiary/aromatic N) is 2. The first-order valence-corrected chi connectivity index (χ1v) is 11.4. The molecular weight excluding hydrogens is 382 g/mol. The number of hydrogen-bond donors (Lipinski definition) is 1. The van der Waals surface area contributed by atoms with Gasteiger partial charge in [-0.05, 0) is 56.1 Å². The van der Waals surface area contributed by atoms with E-state index in [9.17, 15) is 18.5 Å². The number of nitro benzene ring substituents is 1. The number of nitro groups is 1. The standard InChI is InChI=1S/C19H27N3O5S/c1-13(17-11-14-2-3-15(17)10-14)20-18-5-4-16(12-19(18)22(23)24)28(25,26)21-6-8-27-9-7-21/h4-5,12-15,17,20H,2-3,6-11H2,1H3/t13-,14-,15-,17-/m0/s1. The Morgan fingerprint density at radius 1 is 1.25 bits per heavy atom. The van der Waals surface area contributed by atoms with Gasteiger partial charge in [0.2, 0.25) is 10.0 Å². The lowest BCUT2D eigenvalue weighted by Gasteiger charge is -2.29. The molecule has 1 saturated heterocycles. The van der Waals surface area contributed by atoms with Crippen molar-refractivity contribution >= 4 is 21.4 Å². The minimum atomic E-state index is -3.76. The maximum absolute atomic E-state index is 12.8. The van der Waals surface area contributed by atoms with Gasteiger partial charge in [0.15, 0.2) is 0 Å². The minimum Gasteiger partial charge on any atom is -0.379 e. The van der Waals surface area contributed by atoms with E-state index in [1.807, 2.05) is 0 Å². The maximum Gasteiger partial charge on any atom is 0.293 e. The van der Waals surface area contributed by atoms with Crippen LogP contribution in [0.2, 0.25) is 0 Å². The number of sulfonamides is 1. The summed E-state index contributed by atoms with van der Waals surface area (Å²) in [5.74, 6) is 2.03. The number of anilines is 1. The fourth-order valence-electron chi connectivity index (χ4n) is 5.14. The van der Waals surface area contributed by atoms with Crippen LogP contribution in [0.15, 0.2) is 23.1 Å². The zero-order valence-electron chi connectivity index (χ0n) is 16.0.